The highest BCUT2D eigenvalue weighted by Crippen LogP contribution is 2.06. The first-order valence-corrected chi connectivity index (χ1v) is 6.43. The van der Waals surface area contributed by atoms with E-state index < -0.39 is 6.04 Å². The van der Waals surface area contributed by atoms with Crippen LogP contribution in [0.25, 0.3) is 0 Å². The Morgan fingerprint density at radius 3 is 2.56 bits per heavy atom. The molecule has 0 aromatic carbocycles. The summed E-state index contributed by atoms with van der Waals surface area (Å²) in [5.41, 5.74) is 1.40. The van der Waals surface area contributed by atoms with Gasteiger partial charge >= 0.3 is 0 Å². The van der Waals surface area contributed by atoms with Crippen molar-refractivity contribution in [2.24, 2.45) is 0 Å². The van der Waals surface area contributed by atoms with E-state index in [1.807, 2.05) is 13.8 Å². The summed E-state index contributed by atoms with van der Waals surface area (Å²) in [4.78, 5) is 23.5. The summed E-state index contributed by atoms with van der Waals surface area (Å²) in [7, 11) is 0. The molecule has 0 saturated carbocycles. The van der Waals surface area contributed by atoms with E-state index in [4.69, 9.17) is 0 Å². The molecule has 1 aromatic rings. The van der Waals surface area contributed by atoms with Gasteiger partial charge in [-0.1, -0.05) is 13.8 Å². The molecular formula is C13H21N3O2. The number of Topliss-reactive ketones (excluding diaryl/α,β-unsaturated/α-hetero) is 1. The van der Waals surface area contributed by atoms with Crippen LogP contribution in [0.1, 0.15) is 50.3 Å². The van der Waals surface area contributed by atoms with Gasteiger partial charge in [0, 0.05) is 13.0 Å². The molecule has 1 heterocycles. The maximum absolute atomic E-state index is 12.1. The van der Waals surface area contributed by atoms with Crippen LogP contribution in [0.3, 0.4) is 0 Å². The number of hydrogen-bond acceptors (Lipinski definition) is 3. The van der Waals surface area contributed by atoms with Crippen LogP contribution in [0.2, 0.25) is 0 Å². The Morgan fingerprint density at radius 1 is 1.39 bits per heavy atom. The molecule has 0 aliphatic rings. The first-order chi connectivity index (χ1) is 8.53. The minimum absolute atomic E-state index is 0.0293. The number of hydrogen-bond donors (Lipinski definition) is 1. The lowest BCUT2D eigenvalue weighted by Crippen LogP contribution is -2.39. The number of aryl methyl sites for hydroxylation is 2. The summed E-state index contributed by atoms with van der Waals surface area (Å²) in [5.74, 6) is -0.208. The van der Waals surface area contributed by atoms with Crippen molar-refractivity contribution in [3.05, 3.63) is 17.5 Å². The van der Waals surface area contributed by atoms with Gasteiger partial charge in [0.1, 0.15) is 5.69 Å². The van der Waals surface area contributed by atoms with Gasteiger partial charge in [0.05, 0.1) is 11.7 Å². The molecule has 0 radical (unpaired) electrons. The van der Waals surface area contributed by atoms with Crippen LogP contribution in [-0.2, 0) is 17.8 Å². The molecule has 18 heavy (non-hydrogen) atoms. The highest BCUT2D eigenvalue weighted by Gasteiger charge is 2.18. The molecule has 0 spiro atoms. The van der Waals surface area contributed by atoms with E-state index in [1.165, 1.54) is 0 Å². The maximum atomic E-state index is 12.1. The SMILES string of the molecule is CCC(=O)C(C)NC(=O)c1cc(CC)nn1CC. The number of rotatable bonds is 6. The van der Waals surface area contributed by atoms with Crippen molar-refractivity contribution in [1.29, 1.82) is 0 Å². The fraction of sp³-hybridized carbons (Fsp3) is 0.615. The molecule has 1 atom stereocenters. The zero-order valence-electron chi connectivity index (χ0n) is 11.5. The summed E-state index contributed by atoms with van der Waals surface area (Å²) in [6, 6.07) is 1.33. The monoisotopic (exact) mass is 251 g/mol. The number of nitrogens with zero attached hydrogens (tertiary/aromatic N) is 2. The predicted octanol–water partition coefficient (Wildman–Crippen LogP) is 1.56. The Hall–Kier alpha value is -1.65. The van der Waals surface area contributed by atoms with E-state index in [2.05, 4.69) is 10.4 Å². The largest absolute Gasteiger partial charge is 0.341 e. The molecular weight excluding hydrogens is 230 g/mol. The quantitative estimate of drug-likeness (QED) is 0.834. The molecule has 1 unspecified atom stereocenters. The Kier molecular flexibility index (Phi) is 5.07. The Bertz CT molecular complexity index is 437. The molecule has 0 saturated heterocycles. The first kappa shape index (κ1) is 14.4. The van der Waals surface area contributed by atoms with E-state index in [-0.39, 0.29) is 11.7 Å². The lowest BCUT2D eigenvalue weighted by atomic mass is 10.1. The smallest absolute Gasteiger partial charge is 0.270 e. The van der Waals surface area contributed by atoms with Crippen LogP contribution in [-0.4, -0.2) is 27.5 Å². The van der Waals surface area contributed by atoms with E-state index >= 15 is 0 Å². The van der Waals surface area contributed by atoms with Gasteiger partial charge in [0.15, 0.2) is 5.78 Å². The summed E-state index contributed by atoms with van der Waals surface area (Å²) in [6.45, 7) is 8.06. The Morgan fingerprint density at radius 2 is 2.06 bits per heavy atom. The molecule has 0 fully saturated rings. The third-order valence-corrected chi connectivity index (χ3v) is 2.90. The number of carbonyl (C=O) groups is 2. The standard InChI is InChI=1S/C13H21N3O2/c1-5-10-8-11(16(7-3)15-10)13(18)14-9(4)12(17)6-2/h8-9H,5-7H2,1-4H3,(H,14,18). The van der Waals surface area contributed by atoms with Crippen molar-refractivity contribution >= 4 is 11.7 Å². The van der Waals surface area contributed by atoms with E-state index in [1.54, 1.807) is 24.6 Å². The highest BCUT2D eigenvalue weighted by molar-refractivity contribution is 5.96. The van der Waals surface area contributed by atoms with E-state index in [0.29, 0.717) is 18.7 Å². The lowest BCUT2D eigenvalue weighted by molar-refractivity contribution is -0.120. The Balaban J connectivity index is 2.83. The summed E-state index contributed by atoms with van der Waals surface area (Å²) >= 11 is 0. The van der Waals surface area contributed by atoms with Crippen molar-refractivity contribution in [2.45, 2.75) is 53.1 Å². The summed E-state index contributed by atoms with van der Waals surface area (Å²) < 4.78 is 1.66. The molecule has 5 heteroatoms. The molecule has 5 nitrogen and oxygen atoms in total. The first-order valence-electron chi connectivity index (χ1n) is 6.43. The van der Waals surface area contributed by atoms with Gasteiger partial charge in [0.2, 0.25) is 0 Å². The maximum Gasteiger partial charge on any atom is 0.270 e. The van der Waals surface area contributed by atoms with Crippen LogP contribution in [0.4, 0.5) is 0 Å². The van der Waals surface area contributed by atoms with Crippen molar-refractivity contribution in [3.8, 4) is 0 Å². The van der Waals surface area contributed by atoms with Crippen LogP contribution in [0, 0.1) is 0 Å². The predicted molar refractivity (Wildman–Crippen MR) is 69.5 cm³/mol. The fourth-order valence-corrected chi connectivity index (χ4v) is 1.72. The highest BCUT2D eigenvalue weighted by atomic mass is 16.2. The van der Waals surface area contributed by atoms with Gasteiger partial charge in [-0.2, -0.15) is 5.10 Å². The zero-order chi connectivity index (χ0) is 13.7. The molecule has 0 aliphatic heterocycles. The minimum Gasteiger partial charge on any atom is -0.341 e. The fourth-order valence-electron chi connectivity index (χ4n) is 1.72. The van der Waals surface area contributed by atoms with Gasteiger partial charge in [-0.05, 0) is 26.3 Å². The summed E-state index contributed by atoms with van der Waals surface area (Å²) in [5, 5.41) is 7.02. The van der Waals surface area contributed by atoms with Gasteiger partial charge < -0.3 is 5.32 Å². The lowest BCUT2D eigenvalue weighted by Gasteiger charge is -2.12. The van der Waals surface area contributed by atoms with Crippen molar-refractivity contribution in [3.63, 3.8) is 0 Å². The van der Waals surface area contributed by atoms with Gasteiger partial charge in [-0.3, -0.25) is 14.3 Å². The van der Waals surface area contributed by atoms with Crippen LogP contribution >= 0.6 is 0 Å². The van der Waals surface area contributed by atoms with Crippen LogP contribution in [0.15, 0.2) is 6.07 Å². The second-order valence-corrected chi connectivity index (χ2v) is 4.21. The molecule has 0 bridgehead atoms. The number of ketones is 1. The van der Waals surface area contributed by atoms with Gasteiger partial charge in [0.25, 0.3) is 5.91 Å². The minimum atomic E-state index is -0.451. The normalized spacial score (nSPS) is 12.2. The summed E-state index contributed by atoms with van der Waals surface area (Å²) in [6.07, 6.45) is 1.21. The molecule has 1 amide bonds. The second-order valence-electron chi connectivity index (χ2n) is 4.21. The van der Waals surface area contributed by atoms with Gasteiger partial charge in [-0.25, -0.2) is 0 Å². The van der Waals surface area contributed by atoms with Crippen LogP contribution < -0.4 is 5.32 Å². The molecule has 0 aliphatic carbocycles. The molecule has 1 rings (SSSR count). The average Bonchev–Trinajstić information content (AvgIpc) is 2.80. The number of amides is 1. The Labute approximate surface area is 108 Å². The molecule has 100 valence electrons. The van der Waals surface area contributed by atoms with E-state index in [9.17, 15) is 9.59 Å². The van der Waals surface area contributed by atoms with Crippen molar-refractivity contribution < 1.29 is 9.59 Å². The van der Waals surface area contributed by atoms with Gasteiger partial charge in [-0.15, -0.1) is 0 Å². The molecule has 1 N–H and O–H groups in total. The average molecular weight is 251 g/mol. The van der Waals surface area contributed by atoms with Crippen molar-refractivity contribution in [1.82, 2.24) is 15.1 Å². The third-order valence-electron chi connectivity index (χ3n) is 2.90. The number of nitrogens with one attached hydrogen (secondary N) is 1. The second kappa shape index (κ2) is 6.33. The van der Waals surface area contributed by atoms with Crippen LogP contribution in [0.5, 0.6) is 0 Å². The number of aromatic nitrogens is 2. The topological polar surface area (TPSA) is 64.0 Å². The number of carbonyl (C=O) groups excluding carboxylic acids is 2. The van der Waals surface area contributed by atoms with Crippen molar-refractivity contribution in [2.75, 3.05) is 0 Å². The van der Waals surface area contributed by atoms with E-state index in [0.717, 1.165) is 12.1 Å². The molecule has 1 aromatic heterocycles. The third kappa shape index (κ3) is 3.18. The zero-order valence-corrected chi connectivity index (χ0v) is 11.5.